The van der Waals surface area contributed by atoms with Gasteiger partial charge in [-0.1, -0.05) is 12.8 Å². The van der Waals surface area contributed by atoms with Crippen molar-refractivity contribution >= 4 is 15.9 Å². The average molecular weight is 287 g/mol. The molecule has 1 aromatic heterocycles. The molecule has 1 fully saturated rings. The zero-order chi connectivity index (χ0) is 13.9. The maximum atomic E-state index is 12.6. The number of amides is 1. The number of pyridine rings is 1. The highest BCUT2D eigenvalue weighted by atomic mass is 32.2. The third-order valence-corrected chi connectivity index (χ3v) is 4.28. The first-order valence-electron chi connectivity index (χ1n) is 5.92. The number of carbonyl (C=O) groups is 1. The van der Waals surface area contributed by atoms with Crippen LogP contribution in [0.25, 0.3) is 0 Å². The zero-order valence-electron chi connectivity index (χ0n) is 10.1. The van der Waals surface area contributed by atoms with Gasteiger partial charge in [0, 0.05) is 5.92 Å². The Hall–Kier alpha value is -1.54. The van der Waals surface area contributed by atoms with Crippen LogP contribution in [0.2, 0.25) is 0 Å². The summed E-state index contributed by atoms with van der Waals surface area (Å²) in [6.07, 6.45) is 4.39. The van der Waals surface area contributed by atoms with E-state index in [1.54, 1.807) is 0 Å². The van der Waals surface area contributed by atoms with Gasteiger partial charge in [-0.05, 0) is 25.0 Å². The highest BCUT2D eigenvalue weighted by Gasteiger charge is 2.24. The molecule has 0 aliphatic heterocycles. The molecule has 2 N–H and O–H groups in total. The van der Waals surface area contributed by atoms with Gasteiger partial charge in [0.05, 0.1) is 6.20 Å². The maximum absolute atomic E-state index is 12.6. The molecule has 6 nitrogen and oxygen atoms in total. The number of hydrogen-bond acceptors (Lipinski definition) is 4. The molecule has 0 spiro atoms. The van der Waals surface area contributed by atoms with E-state index in [-0.39, 0.29) is 16.7 Å². The van der Waals surface area contributed by atoms with Gasteiger partial charge in [-0.3, -0.25) is 10.2 Å². The molecule has 19 heavy (non-hydrogen) atoms. The van der Waals surface area contributed by atoms with Crippen LogP contribution in [0.3, 0.4) is 0 Å². The minimum Gasteiger partial charge on any atom is -0.277 e. The molecule has 0 atom stereocenters. The fourth-order valence-electron chi connectivity index (χ4n) is 1.99. The zero-order valence-corrected chi connectivity index (χ0v) is 10.9. The molecule has 8 heteroatoms. The number of carbonyl (C=O) groups excluding carboxylic acids is 1. The second kappa shape index (κ2) is 5.62. The van der Waals surface area contributed by atoms with Crippen LogP contribution in [0.15, 0.2) is 23.2 Å². The summed E-state index contributed by atoms with van der Waals surface area (Å²) in [5.74, 6) is -1.25. The van der Waals surface area contributed by atoms with Crippen molar-refractivity contribution in [1.82, 2.24) is 15.2 Å². The van der Waals surface area contributed by atoms with E-state index < -0.39 is 16.0 Å². The van der Waals surface area contributed by atoms with Crippen LogP contribution in [0.4, 0.5) is 4.39 Å². The van der Waals surface area contributed by atoms with Crippen LogP contribution in [0.5, 0.6) is 0 Å². The van der Waals surface area contributed by atoms with Gasteiger partial charge in [0.15, 0.2) is 0 Å². The van der Waals surface area contributed by atoms with Crippen molar-refractivity contribution < 1.29 is 17.6 Å². The van der Waals surface area contributed by atoms with E-state index in [1.807, 2.05) is 4.83 Å². The number of halogens is 1. The summed E-state index contributed by atoms with van der Waals surface area (Å²) in [6, 6.07) is 2.01. The summed E-state index contributed by atoms with van der Waals surface area (Å²) in [6.45, 7) is 0. The molecule has 0 saturated heterocycles. The van der Waals surface area contributed by atoms with Gasteiger partial charge < -0.3 is 0 Å². The monoisotopic (exact) mass is 287 g/mol. The minimum atomic E-state index is -3.91. The third-order valence-electron chi connectivity index (χ3n) is 3.05. The van der Waals surface area contributed by atoms with Crippen LogP contribution < -0.4 is 10.3 Å². The summed E-state index contributed by atoms with van der Waals surface area (Å²) in [4.78, 5) is 16.7. The van der Waals surface area contributed by atoms with E-state index in [9.17, 15) is 17.6 Å². The molecule has 1 amide bonds. The fourth-order valence-corrected chi connectivity index (χ4v) is 2.78. The summed E-state index contributed by atoms with van der Waals surface area (Å²) in [5.41, 5.74) is 2.18. The highest BCUT2D eigenvalue weighted by Crippen LogP contribution is 2.24. The van der Waals surface area contributed by atoms with Crippen molar-refractivity contribution in [2.45, 2.75) is 30.6 Å². The lowest BCUT2D eigenvalue weighted by Gasteiger charge is -2.11. The smallest absolute Gasteiger partial charge is 0.258 e. The van der Waals surface area contributed by atoms with Crippen molar-refractivity contribution in [3.63, 3.8) is 0 Å². The molecule has 104 valence electrons. The van der Waals surface area contributed by atoms with Gasteiger partial charge in [0.25, 0.3) is 10.0 Å². The predicted molar refractivity (Wildman–Crippen MR) is 64.6 cm³/mol. The molecule has 0 bridgehead atoms. The first-order chi connectivity index (χ1) is 8.99. The Kier molecular flexibility index (Phi) is 4.11. The average Bonchev–Trinajstić information content (AvgIpc) is 2.90. The number of nitrogens with one attached hydrogen (secondary N) is 2. The summed E-state index contributed by atoms with van der Waals surface area (Å²) in [5, 5.41) is 0. The van der Waals surface area contributed by atoms with Crippen LogP contribution >= 0.6 is 0 Å². The molecule has 0 radical (unpaired) electrons. The number of sulfonamides is 1. The van der Waals surface area contributed by atoms with Crippen molar-refractivity contribution in [3.05, 3.63) is 24.3 Å². The van der Waals surface area contributed by atoms with Crippen LogP contribution in [-0.2, 0) is 14.8 Å². The van der Waals surface area contributed by atoms with E-state index in [0.29, 0.717) is 0 Å². The lowest BCUT2D eigenvalue weighted by atomic mass is 10.1. The number of hydrogen-bond donors (Lipinski definition) is 2. The number of rotatable bonds is 4. The first kappa shape index (κ1) is 13.9. The topological polar surface area (TPSA) is 88.2 Å². The van der Waals surface area contributed by atoms with Gasteiger partial charge in [-0.15, -0.1) is 4.83 Å². The van der Waals surface area contributed by atoms with Crippen molar-refractivity contribution in [1.29, 1.82) is 0 Å². The second-order valence-electron chi connectivity index (χ2n) is 4.39. The Morgan fingerprint density at radius 1 is 1.32 bits per heavy atom. The maximum Gasteiger partial charge on any atom is 0.258 e. The molecule has 1 aliphatic carbocycles. The Morgan fingerprint density at radius 2 is 2.00 bits per heavy atom. The first-order valence-corrected chi connectivity index (χ1v) is 7.40. The Morgan fingerprint density at radius 3 is 2.58 bits per heavy atom. The Balaban J connectivity index is 1.97. The number of nitrogens with zero attached hydrogens (tertiary/aromatic N) is 1. The molecule has 0 unspecified atom stereocenters. The molecule has 1 aliphatic rings. The minimum absolute atomic E-state index is 0.144. The summed E-state index contributed by atoms with van der Waals surface area (Å²) < 4.78 is 36.1. The Labute approximate surface area is 110 Å². The van der Waals surface area contributed by atoms with Gasteiger partial charge in [-0.25, -0.2) is 13.4 Å². The van der Waals surface area contributed by atoms with E-state index in [4.69, 9.17) is 0 Å². The standard InChI is InChI=1S/C11H14FN3O3S/c12-10-6-5-9(7-13-10)19(17,18)15-14-11(16)8-3-1-2-4-8/h5-8,15H,1-4H2,(H,14,16). The number of hydrazine groups is 1. The molecule has 1 saturated carbocycles. The third kappa shape index (κ3) is 3.48. The molecule has 2 rings (SSSR count). The molecule has 0 aromatic carbocycles. The van der Waals surface area contributed by atoms with Gasteiger partial charge in [0.1, 0.15) is 4.90 Å². The SMILES string of the molecule is O=C(NNS(=O)(=O)c1ccc(F)nc1)C1CCCC1. The van der Waals surface area contributed by atoms with Gasteiger partial charge in [-0.2, -0.15) is 4.39 Å². The molecule has 1 aromatic rings. The molecular formula is C11H14FN3O3S. The summed E-state index contributed by atoms with van der Waals surface area (Å²) >= 11 is 0. The lowest BCUT2D eigenvalue weighted by Crippen LogP contribution is -2.44. The number of aromatic nitrogens is 1. The lowest BCUT2D eigenvalue weighted by molar-refractivity contribution is -0.125. The van der Waals surface area contributed by atoms with Crippen molar-refractivity contribution in [2.75, 3.05) is 0 Å². The van der Waals surface area contributed by atoms with Crippen molar-refractivity contribution in [3.8, 4) is 0 Å². The van der Waals surface area contributed by atoms with Crippen LogP contribution in [0, 0.1) is 11.9 Å². The second-order valence-corrected chi connectivity index (χ2v) is 6.08. The Bertz CT molecular complexity index is 553. The van der Waals surface area contributed by atoms with Gasteiger partial charge in [0.2, 0.25) is 11.9 Å². The highest BCUT2D eigenvalue weighted by molar-refractivity contribution is 7.89. The van der Waals surface area contributed by atoms with Crippen LogP contribution in [-0.4, -0.2) is 19.3 Å². The normalized spacial score (nSPS) is 16.5. The predicted octanol–water partition coefficient (Wildman–Crippen LogP) is 0.720. The summed E-state index contributed by atoms with van der Waals surface area (Å²) in [7, 11) is -3.91. The van der Waals surface area contributed by atoms with E-state index in [1.165, 1.54) is 0 Å². The quantitative estimate of drug-likeness (QED) is 0.631. The van der Waals surface area contributed by atoms with E-state index in [2.05, 4.69) is 10.4 Å². The van der Waals surface area contributed by atoms with Crippen molar-refractivity contribution in [2.24, 2.45) is 5.92 Å². The largest absolute Gasteiger partial charge is 0.277 e. The molecule has 1 heterocycles. The van der Waals surface area contributed by atoms with E-state index in [0.717, 1.165) is 44.0 Å². The van der Waals surface area contributed by atoms with Crippen LogP contribution in [0.1, 0.15) is 25.7 Å². The fraction of sp³-hybridized carbons (Fsp3) is 0.455. The molecular weight excluding hydrogens is 273 g/mol. The van der Waals surface area contributed by atoms with E-state index >= 15 is 0 Å². The van der Waals surface area contributed by atoms with Gasteiger partial charge >= 0.3 is 0 Å².